The van der Waals surface area contributed by atoms with Gasteiger partial charge in [0.25, 0.3) is 0 Å². The average Bonchev–Trinajstić information content (AvgIpc) is 1.88. The maximum absolute atomic E-state index is 10.5. The highest BCUT2D eigenvalue weighted by atomic mass is 32.2. The molecule has 0 atom stereocenters. The van der Waals surface area contributed by atoms with Gasteiger partial charge >= 0.3 is 0 Å². The summed E-state index contributed by atoms with van der Waals surface area (Å²) in [5.41, 5.74) is 0. The third-order valence-corrected chi connectivity index (χ3v) is 3.30. The van der Waals surface area contributed by atoms with Crippen LogP contribution in [0, 0.1) is 6.42 Å². The van der Waals surface area contributed by atoms with E-state index in [-0.39, 0.29) is 16.6 Å². The third-order valence-electron chi connectivity index (χ3n) is 1.37. The number of hydrogen-bond donors (Lipinski definition) is 0. The van der Waals surface area contributed by atoms with Crippen molar-refractivity contribution in [1.82, 2.24) is 0 Å². The van der Waals surface area contributed by atoms with Crippen LogP contribution in [0.1, 0.15) is 19.8 Å². The van der Waals surface area contributed by atoms with Crippen molar-refractivity contribution in [2.24, 2.45) is 4.36 Å². The normalized spacial score (nSPS) is 20.5. The van der Waals surface area contributed by atoms with E-state index in [0.717, 1.165) is 24.3 Å². The number of carbonyl (C=O) groups is 1. The summed E-state index contributed by atoms with van der Waals surface area (Å²) in [6, 6.07) is 0. The largest absolute Gasteiger partial charge is 0.272 e. The van der Waals surface area contributed by atoms with E-state index in [4.69, 9.17) is 0 Å². The lowest BCUT2D eigenvalue weighted by Crippen LogP contribution is -2.10. The molecule has 2 nitrogen and oxygen atoms in total. The highest BCUT2D eigenvalue weighted by molar-refractivity contribution is 7.87. The molecule has 1 radical (unpaired) electrons. The van der Waals surface area contributed by atoms with Crippen molar-refractivity contribution >= 4 is 16.6 Å². The summed E-state index contributed by atoms with van der Waals surface area (Å²) in [5, 5.41) is 0. The minimum Gasteiger partial charge on any atom is -0.272 e. The average molecular weight is 158 g/mol. The lowest BCUT2D eigenvalue weighted by Gasteiger charge is -2.11. The molecule has 0 saturated carbocycles. The number of carbonyl (C=O) groups excluding carboxylic acids is 1. The van der Waals surface area contributed by atoms with Gasteiger partial charge in [-0.05, 0) is 19.3 Å². The second kappa shape index (κ2) is 3.86. The molecular weight excluding hydrogens is 146 g/mol. The molecule has 1 rings (SSSR count). The second-order valence-corrected chi connectivity index (χ2v) is 4.27. The number of hydrogen-bond acceptors (Lipinski definition) is 1. The first kappa shape index (κ1) is 7.92. The van der Waals surface area contributed by atoms with Crippen LogP contribution in [0.15, 0.2) is 4.36 Å². The van der Waals surface area contributed by atoms with Crippen molar-refractivity contribution in [3.05, 3.63) is 6.42 Å². The highest BCUT2D eigenvalue weighted by Gasteiger charge is 2.05. The fourth-order valence-electron chi connectivity index (χ4n) is 0.958. The fraction of sp³-hybridized carbons (Fsp3) is 0.714. The summed E-state index contributed by atoms with van der Waals surface area (Å²) in [6.45, 7) is 1.53. The lowest BCUT2D eigenvalue weighted by molar-refractivity contribution is -0.115. The molecular formula is C7H12NOS. The fourth-order valence-corrected chi connectivity index (χ4v) is 2.59. The SMILES string of the molecule is CC(=O)N=S1CC[CH]CC1. The van der Waals surface area contributed by atoms with Gasteiger partial charge in [-0.2, -0.15) is 4.36 Å². The summed E-state index contributed by atoms with van der Waals surface area (Å²) >= 11 is 0. The predicted molar refractivity (Wildman–Crippen MR) is 43.7 cm³/mol. The van der Waals surface area contributed by atoms with Gasteiger partial charge < -0.3 is 0 Å². The van der Waals surface area contributed by atoms with Crippen LogP contribution in [-0.4, -0.2) is 17.4 Å². The van der Waals surface area contributed by atoms with E-state index in [1.165, 1.54) is 6.92 Å². The summed E-state index contributed by atoms with van der Waals surface area (Å²) in [5.74, 6) is 2.18. The predicted octanol–water partition coefficient (Wildman–Crippen LogP) is 1.33. The van der Waals surface area contributed by atoms with Gasteiger partial charge in [-0.1, -0.05) is 10.7 Å². The zero-order valence-corrected chi connectivity index (χ0v) is 6.99. The first-order valence-electron chi connectivity index (χ1n) is 3.50. The van der Waals surface area contributed by atoms with Crippen molar-refractivity contribution in [1.29, 1.82) is 0 Å². The van der Waals surface area contributed by atoms with Crippen LogP contribution >= 0.6 is 0 Å². The molecule has 3 heteroatoms. The van der Waals surface area contributed by atoms with Crippen LogP contribution < -0.4 is 0 Å². The van der Waals surface area contributed by atoms with Crippen molar-refractivity contribution in [3.8, 4) is 0 Å². The Balaban J connectivity index is 2.45. The van der Waals surface area contributed by atoms with E-state index in [2.05, 4.69) is 10.8 Å². The quantitative estimate of drug-likeness (QED) is 0.523. The maximum Gasteiger partial charge on any atom is 0.248 e. The van der Waals surface area contributed by atoms with E-state index >= 15 is 0 Å². The van der Waals surface area contributed by atoms with Gasteiger partial charge in [0.15, 0.2) is 0 Å². The van der Waals surface area contributed by atoms with Crippen molar-refractivity contribution < 1.29 is 4.79 Å². The number of nitrogens with zero attached hydrogens (tertiary/aromatic N) is 1. The smallest absolute Gasteiger partial charge is 0.248 e. The number of amides is 1. The molecule has 0 aromatic heterocycles. The second-order valence-electron chi connectivity index (χ2n) is 2.35. The molecule has 1 amide bonds. The molecule has 1 aliphatic rings. The Morgan fingerprint density at radius 1 is 1.50 bits per heavy atom. The first-order chi connectivity index (χ1) is 4.79. The van der Waals surface area contributed by atoms with Gasteiger partial charge in [-0.25, -0.2) is 0 Å². The molecule has 1 saturated heterocycles. The lowest BCUT2D eigenvalue weighted by atomic mass is 10.3. The van der Waals surface area contributed by atoms with Gasteiger partial charge in [0.2, 0.25) is 5.91 Å². The van der Waals surface area contributed by atoms with Crippen molar-refractivity contribution in [2.75, 3.05) is 11.5 Å². The third kappa shape index (κ3) is 2.60. The minimum absolute atomic E-state index is 0.00904. The Hall–Kier alpha value is -0.180. The van der Waals surface area contributed by atoms with Crippen LogP contribution in [-0.2, 0) is 15.5 Å². The van der Waals surface area contributed by atoms with Gasteiger partial charge in [0.1, 0.15) is 0 Å². The van der Waals surface area contributed by atoms with Crippen LogP contribution in [0.2, 0.25) is 0 Å². The molecule has 1 aliphatic heterocycles. The maximum atomic E-state index is 10.5. The van der Waals surface area contributed by atoms with Gasteiger partial charge in [0.05, 0.1) is 0 Å². The van der Waals surface area contributed by atoms with E-state index in [0.29, 0.717) is 0 Å². The van der Waals surface area contributed by atoms with E-state index in [1.807, 2.05) is 0 Å². The Kier molecular flexibility index (Phi) is 3.06. The summed E-state index contributed by atoms with van der Waals surface area (Å²) < 4.78 is 4.01. The van der Waals surface area contributed by atoms with Crippen LogP contribution in [0.3, 0.4) is 0 Å². The Morgan fingerprint density at radius 2 is 2.10 bits per heavy atom. The minimum atomic E-state index is -0.00904. The molecule has 0 spiro atoms. The molecule has 57 valence electrons. The summed E-state index contributed by atoms with van der Waals surface area (Å²) in [6.07, 6.45) is 4.55. The van der Waals surface area contributed by atoms with Crippen LogP contribution in [0.4, 0.5) is 0 Å². The van der Waals surface area contributed by atoms with E-state index < -0.39 is 0 Å². The highest BCUT2D eigenvalue weighted by Crippen LogP contribution is 2.08. The Bertz CT molecular complexity index is 157. The van der Waals surface area contributed by atoms with Crippen molar-refractivity contribution in [3.63, 3.8) is 0 Å². The summed E-state index contributed by atoms with van der Waals surface area (Å²) in [7, 11) is 0.0694. The standard InChI is InChI=1S/C7H12NOS/c1-7(9)8-10-5-3-2-4-6-10/h2H,3-6H2,1H3. The van der Waals surface area contributed by atoms with Crippen LogP contribution in [0.25, 0.3) is 0 Å². The number of rotatable bonds is 0. The first-order valence-corrected chi connectivity index (χ1v) is 5.02. The molecule has 1 heterocycles. The summed E-state index contributed by atoms with van der Waals surface area (Å²) in [4.78, 5) is 10.5. The zero-order valence-electron chi connectivity index (χ0n) is 6.17. The molecule has 0 aromatic carbocycles. The van der Waals surface area contributed by atoms with Gasteiger partial charge in [-0.3, -0.25) is 4.79 Å². The molecule has 10 heavy (non-hydrogen) atoms. The Labute approximate surface area is 64.1 Å². The molecule has 0 bridgehead atoms. The molecule has 0 N–H and O–H groups in total. The van der Waals surface area contributed by atoms with Crippen molar-refractivity contribution in [2.45, 2.75) is 19.8 Å². The molecule has 0 unspecified atom stereocenters. The molecule has 1 fully saturated rings. The van der Waals surface area contributed by atoms with E-state index in [1.54, 1.807) is 0 Å². The van der Waals surface area contributed by atoms with Gasteiger partial charge in [-0.15, -0.1) is 0 Å². The monoisotopic (exact) mass is 158 g/mol. The van der Waals surface area contributed by atoms with Crippen LogP contribution in [0.5, 0.6) is 0 Å². The topological polar surface area (TPSA) is 29.4 Å². The Morgan fingerprint density at radius 3 is 2.60 bits per heavy atom. The zero-order chi connectivity index (χ0) is 7.40. The van der Waals surface area contributed by atoms with E-state index in [9.17, 15) is 4.79 Å². The molecule has 0 aliphatic carbocycles. The molecule has 0 aromatic rings. The van der Waals surface area contributed by atoms with Gasteiger partial charge in [0, 0.05) is 18.4 Å².